The second-order valence-corrected chi connectivity index (χ2v) is 25.7. The number of piperidine rings is 3. The van der Waals surface area contributed by atoms with Crippen LogP contribution in [0.25, 0.3) is 0 Å². The van der Waals surface area contributed by atoms with Crippen molar-refractivity contribution in [2.24, 2.45) is 5.92 Å². The minimum Gasteiger partial charge on any atom is -0.367 e. The molecule has 3 aliphatic rings. The fourth-order valence-electron chi connectivity index (χ4n) is 11.6. The molecule has 0 aliphatic carbocycles. The summed E-state index contributed by atoms with van der Waals surface area (Å²) in [5.74, 6) is 0.105. The SMILES string of the molecule is CCC(=O)ON1C(C)(C)CC(NCCCCCCNC2CC(C)(C)N(OC(C)=O)C(C)(C)C2)CC1(C)C.CCCCCC1CC(C)(C)N(OC(C)=O)C(C)(C)C1.CCCCNCCCC.Clc1nc(Cl)nc(Cl)n1. The number of carbonyl (C=O) groups is 3. The van der Waals surface area contributed by atoms with E-state index in [0.717, 1.165) is 57.5 Å². The summed E-state index contributed by atoms with van der Waals surface area (Å²) in [6.45, 7) is 42.0. The summed E-state index contributed by atoms with van der Waals surface area (Å²) in [6, 6.07) is 0.848. The molecule has 0 spiro atoms. The number of rotatable bonds is 23. The van der Waals surface area contributed by atoms with Crippen LogP contribution in [0.5, 0.6) is 0 Å². The molecule has 4 heterocycles. The highest BCUT2D eigenvalue weighted by molar-refractivity contribution is 6.33. The second-order valence-electron chi connectivity index (χ2n) is 24.6. The number of hydrogen-bond donors (Lipinski definition) is 3. The Morgan fingerprint density at radius 2 is 0.797 bits per heavy atom. The van der Waals surface area contributed by atoms with E-state index in [0.29, 0.717) is 18.5 Å². The van der Waals surface area contributed by atoms with Crippen LogP contribution in [0, 0.1) is 5.92 Å². The number of hydrogen-bond acceptors (Lipinski definition) is 15. The molecule has 0 saturated carbocycles. The molecule has 3 fully saturated rings. The van der Waals surface area contributed by atoms with E-state index in [1.54, 1.807) is 0 Å². The van der Waals surface area contributed by atoms with E-state index in [2.05, 4.69) is 135 Å². The minimum absolute atomic E-state index is 0.000000000000000444. The molecule has 3 saturated heterocycles. The molecule has 0 bridgehead atoms. The zero-order valence-corrected chi connectivity index (χ0v) is 52.0. The van der Waals surface area contributed by atoms with Crippen LogP contribution in [-0.2, 0) is 28.9 Å². The molecule has 74 heavy (non-hydrogen) atoms. The molecule has 3 N–H and O–H groups in total. The lowest BCUT2D eigenvalue weighted by molar-refractivity contribution is -0.270. The Kier molecular flexibility index (Phi) is 31.7. The van der Waals surface area contributed by atoms with Crippen LogP contribution >= 0.6 is 34.8 Å². The van der Waals surface area contributed by atoms with E-state index in [9.17, 15) is 14.4 Å². The summed E-state index contributed by atoms with van der Waals surface area (Å²) in [6.07, 6.45) is 21.7. The Bertz CT molecular complexity index is 1680. The third-order valence-corrected chi connectivity index (χ3v) is 14.4. The highest BCUT2D eigenvalue weighted by Crippen LogP contribution is 2.44. The minimum atomic E-state index is -0.252. The Labute approximate surface area is 465 Å². The van der Waals surface area contributed by atoms with E-state index < -0.39 is 0 Å². The summed E-state index contributed by atoms with van der Waals surface area (Å²) in [5.41, 5.74) is -0.962. The van der Waals surface area contributed by atoms with Gasteiger partial charge in [-0.2, -0.15) is 15.0 Å². The normalized spacial score (nSPS) is 20.4. The fraction of sp³-hybridized carbons (Fsp3) is 0.893. The Balaban J connectivity index is 0.000000605. The average Bonchev–Trinajstić information content (AvgIpc) is 3.25. The van der Waals surface area contributed by atoms with Crippen LogP contribution in [0.15, 0.2) is 0 Å². The van der Waals surface area contributed by atoms with Crippen molar-refractivity contribution in [2.45, 2.75) is 292 Å². The number of nitrogens with one attached hydrogen (secondary N) is 3. The van der Waals surface area contributed by atoms with Gasteiger partial charge in [0.2, 0.25) is 15.9 Å². The van der Waals surface area contributed by atoms with Crippen LogP contribution in [0.4, 0.5) is 0 Å². The fourth-order valence-corrected chi connectivity index (χ4v) is 12.2. The van der Waals surface area contributed by atoms with Crippen LogP contribution in [0.1, 0.15) is 247 Å². The van der Waals surface area contributed by atoms with Crippen molar-refractivity contribution in [1.82, 2.24) is 46.1 Å². The summed E-state index contributed by atoms with van der Waals surface area (Å²) < 4.78 is 0. The van der Waals surface area contributed by atoms with E-state index in [1.165, 1.54) is 104 Å². The van der Waals surface area contributed by atoms with Gasteiger partial charge < -0.3 is 30.5 Å². The zero-order chi connectivity index (χ0) is 56.6. The van der Waals surface area contributed by atoms with Crippen LogP contribution < -0.4 is 16.0 Å². The smallest absolute Gasteiger partial charge is 0.324 e. The summed E-state index contributed by atoms with van der Waals surface area (Å²) in [7, 11) is 0. The van der Waals surface area contributed by atoms with Gasteiger partial charge in [0.25, 0.3) is 0 Å². The van der Waals surface area contributed by atoms with E-state index in [-0.39, 0.29) is 67.0 Å². The van der Waals surface area contributed by atoms with Gasteiger partial charge in [0.05, 0.1) is 33.2 Å². The van der Waals surface area contributed by atoms with Crippen LogP contribution in [-0.4, -0.2) is 120 Å². The molecule has 0 aromatic carbocycles. The number of unbranched alkanes of at least 4 members (excludes halogenated alkanes) is 7. The number of nitrogens with zero attached hydrogens (tertiary/aromatic N) is 6. The monoisotopic (exact) mass is 1110 g/mol. The van der Waals surface area contributed by atoms with Crippen LogP contribution in [0.3, 0.4) is 0 Å². The topological polar surface area (TPSA) is 163 Å². The third-order valence-electron chi connectivity index (χ3n) is 13.9. The van der Waals surface area contributed by atoms with Gasteiger partial charge in [0, 0.05) is 32.4 Å². The molecule has 0 amide bonds. The molecule has 0 radical (unpaired) electrons. The van der Waals surface area contributed by atoms with Crippen LogP contribution in [0.2, 0.25) is 15.9 Å². The number of aromatic nitrogens is 3. The number of carbonyl (C=O) groups excluding carboxylic acids is 3. The van der Waals surface area contributed by atoms with Crippen molar-refractivity contribution in [3.63, 3.8) is 0 Å². The molecule has 0 atom stereocenters. The molecule has 1 aromatic rings. The van der Waals surface area contributed by atoms with E-state index >= 15 is 0 Å². The molecule has 432 valence electrons. The maximum absolute atomic E-state index is 11.9. The lowest BCUT2D eigenvalue weighted by atomic mass is 9.73. The predicted molar refractivity (Wildman–Crippen MR) is 305 cm³/mol. The van der Waals surface area contributed by atoms with Gasteiger partial charge >= 0.3 is 17.9 Å². The average molecular weight is 1110 g/mol. The van der Waals surface area contributed by atoms with Gasteiger partial charge in [-0.25, -0.2) is 0 Å². The molecular formula is C56H106Cl3N9O6. The highest BCUT2D eigenvalue weighted by Gasteiger charge is 2.50. The zero-order valence-electron chi connectivity index (χ0n) is 49.8. The number of halogens is 3. The molecule has 3 aliphatic heterocycles. The van der Waals surface area contributed by atoms with E-state index in [4.69, 9.17) is 49.3 Å². The highest BCUT2D eigenvalue weighted by atomic mass is 35.5. The summed E-state index contributed by atoms with van der Waals surface area (Å²) >= 11 is 16.0. The van der Waals surface area contributed by atoms with E-state index in [1.807, 2.05) is 22.1 Å². The molecule has 15 nitrogen and oxygen atoms in total. The number of hydroxylamine groups is 6. The summed E-state index contributed by atoms with van der Waals surface area (Å²) in [5, 5.41) is 16.7. The Morgan fingerprint density at radius 3 is 1.11 bits per heavy atom. The lowest BCUT2D eigenvalue weighted by Gasteiger charge is -2.53. The first-order valence-corrected chi connectivity index (χ1v) is 29.3. The maximum Gasteiger partial charge on any atom is 0.324 e. The van der Waals surface area contributed by atoms with Gasteiger partial charge in [0.15, 0.2) is 0 Å². The van der Waals surface area contributed by atoms with Gasteiger partial charge in [-0.05, 0) is 214 Å². The van der Waals surface area contributed by atoms with Crippen molar-refractivity contribution in [3.8, 4) is 0 Å². The van der Waals surface area contributed by atoms with Gasteiger partial charge in [-0.15, -0.1) is 15.2 Å². The van der Waals surface area contributed by atoms with Gasteiger partial charge in [-0.3, -0.25) is 14.4 Å². The largest absolute Gasteiger partial charge is 0.367 e. The van der Waals surface area contributed by atoms with Crippen molar-refractivity contribution >= 4 is 52.7 Å². The third kappa shape index (κ3) is 26.6. The first-order chi connectivity index (χ1) is 34.3. The summed E-state index contributed by atoms with van der Waals surface area (Å²) in [4.78, 5) is 62.0. The predicted octanol–water partition coefficient (Wildman–Crippen LogP) is 13.4. The first kappa shape index (κ1) is 70.1. The van der Waals surface area contributed by atoms with Crippen molar-refractivity contribution in [2.75, 3.05) is 26.2 Å². The van der Waals surface area contributed by atoms with Crippen molar-refractivity contribution in [3.05, 3.63) is 15.9 Å². The first-order valence-electron chi connectivity index (χ1n) is 28.2. The molecule has 4 rings (SSSR count). The van der Waals surface area contributed by atoms with Crippen molar-refractivity contribution in [1.29, 1.82) is 0 Å². The second kappa shape index (κ2) is 33.5. The van der Waals surface area contributed by atoms with Crippen molar-refractivity contribution < 1.29 is 28.9 Å². The Morgan fingerprint density at radius 1 is 0.473 bits per heavy atom. The molecule has 1 aromatic heterocycles. The van der Waals surface area contributed by atoms with Gasteiger partial charge in [0.1, 0.15) is 0 Å². The molecule has 18 heteroatoms. The molecular weight excluding hydrogens is 1000 g/mol. The Hall–Kier alpha value is -1.95. The lowest BCUT2D eigenvalue weighted by Crippen LogP contribution is -2.64. The van der Waals surface area contributed by atoms with Gasteiger partial charge in [-0.1, -0.05) is 79.1 Å². The quantitative estimate of drug-likeness (QED) is 0.0887. The maximum atomic E-state index is 11.9. The molecule has 0 unspecified atom stereocenters. The standard InChI is InChI=1S/C29H56N4O4.C16H31NO2.C8H19N.C3Cl3N3/c1-11-25(35)37-33-28(7,8)20-24(21-29(33,9)10)31-17-15-13-12-14-16-30-23-18-26(3,4)32(36-22(2)34)27(5,6)19-23;1-7-8-9-10-14-11-15(3,4)17(19-13(2)18)16(5,6)12-14;1-3-5-7-9-8-6-4-2;4-1-7-2(5)9-3(6)8-1/h23-24,30-31H,11-21H2,1-10H3;14H,7-12H2,1-6H3;9H,3-8H2,1-2H3;.